The highest BCUT2D eigenvalue weighted by atomic mass is 19.1. The number of alkyl halides is 1. The van der Waals surface area contributed by atoms with Gasteiger partial charge in [0, 0.05) is 0 Å². The summed E-state index contributed by atoms with van der Waals surface area (Å²) in [6, 6.07) is 9.48. The van der Waals surface area contributed by atoms with Gasteiger partial charge in [0.1, 0.15) is 12.8 Å². The van der Waals surface area contributed by atoms with Crippen LogP contribution in [0.1, 0.15) is 5.56 Å². The van der Waals surface area contributed by atoms with Gasteiger partial charge < -0.3 is 9.84 Å². The predicted octanol–water partition coefficient (Wildman–Crippen LogP) is 1.53. The van der Waals surface area contributed by atoms with E-state index >= 15 is 0 Å². The lowest BCUT2D eigenvalue weighted by Crippen LogP contribution is -2.19. The maximum absolute atomic E-state index is 12.1. The molecule has 0 amide bonds. The summed E-state index contributed by atoms with van der Waals surface area (Å²) in [6.07, 6.45) is -0.694. The number of aliphatic hydroxyl groups is 1. The van der Waals surface area contributed by atoms with Gasteiger partial charge in [0.05, 0.1) is 13.2 Å². The smallest absolute Gasteiger partial charge is 0.118 e. The molecule has 0 bridgehead atoms. The zero-order valence-electron chi connectivity index (χ0n) is 7.32. The van der Waals surface area contributed by atoms with Gasteiger partial charge in [0.25, 0.3) is 0 Å². The molecule has 13 heavy (non-hydrogen) atoms. The Kier molecular flexibility index (Phi) is 4.43. The highest BCUT2D eigenvalue weighted by Gasteiger charge is 2.06. The van der Waals surface area contributed by atoms with Crippen LogP contribution in [-0.4, -0.2) is 24.5 Å². The van der Waals surface area contributed by atoms with Gasteiger partial charge in [-0.3, -0.25) is 0 Å². The number of hydrogen-bond acceptors (Lipinski definition) is 2. The molecule has 3 heteroatoms. The molecule has 1 N–H and O–H groups in total. The van der Waals surface area contributed by atoms with Crippen molar-refractivity contribution in [2.75, 3.05) is 13.3 Å². The first kappa shape index (κ1) is 10.2. The van der Waals surface area contributed by atoms with Crippen LogP contribution in [0.5, 0.6) is 0 Å². The second kappa shape index (κ2) is 5.67. The van der Waals surface area contributed by atoms with Gasteiger partial charge in [-0.2, -0.15) is 0 Å². The minimum atomic E-state index is -0.694. The van der Waals surface area contributed by atoms with Crippen LogP contribution in [0.2, 0.25) is 0 Å². The third-order valence-corrected chi connectivity index (χ3v) is 1.70. The normalized spacial score (nSPS) is 12.8. The number of rotatable bonds is 5. The summed E-state index contributed by atoms with van der Waals surface area (Å²) < 4.78 is 17.2. The second-order valence-corrected chi connectivity index (χ2v) is 2.76. The van der Waals surface area contributed by atoms with Gasteiger partial charge >= 0.3 is 0 Å². The quantitative estimate of drug-likeness (QED) is 0.752. The molecule has 0 fully saturated rings. The lowest BCUT2D eigenvalue weighted by molar-refractivity contribution is -0.0107. The molecule has 0 heterocycles. The van der Waals surface area contributed by atoms with Gasteiger partial charge in [-0.1, -0.05) is 30.3 Å². The largest absolute Gasteiger partial charge is 0.394 e. The zero-order chi connectivity index (χ0) is 9.52. The van der Waals surface area contributed by atoms with Crippen molar-refractivity contribution in [3.8, 4) is 0 Å². The van der Waals surface area contributed by atoms with Crippen molar-refractivity contribution < 1.29 is 14.2 Å². The van der Waals surface area contributed by atoms with E-state index in [4.69, 9.17) is 9.84 Å². The van der Waals surface area contributed by atoms with E-state index in [-0.39, 0.29) is 6.61 Å². The first-order valence-corrected chi connectivity index (χ1v) is 4.19. The number of hydrogen-bond donors (Lipinski definition) is 1. The van der Waals surface area contributed by atoms with Crippen LogP contribution in [-0.2, 0) is 11.3 Å². The van der Waals surface area contributed by atoms with Crippen molar-refractivity contribution in [2.24, 2.45) is 0 Å². The van der Waals surface area contributed by atoms with Crippen LogP contribution in [0.15, 0.2) is 30.3 Å². The van der Waals surface area contributed by atoms with E-state index in [0.29, 0.717) is 6.61 Å². The Balaban J connectivity index is 2.34. The standard InChI is InChI=1S/C10H13FO2/c11-6-10(7-12)13-8-9-4-2-1-3-5-9/h1-5,10,12H,6-8H2/t10-/m1/s1. The molecule has 1 atom stereocenters. The van der Waals surface area contributed by atoms with Gasteiger partial charge in [0.2, 0.25) is 0 Å². The zero-order valence-corrected chi connectivity index (χ0v) is 7.32. The van der Waals surface area contributed by atoms with Crippen molar-refractivity contribution in [3.63, 3.8) is 0 Å². The summed E-state index contributed by atoms with van der Waals surface area (Å²) in [5, 5.41) is 8.64. The van der Waals surface area contributed by atoms with E-state index < -0.39 is 12.8 Å². The monoisotopic (exact) mass is 184 g/mol. The average Bonchev–Trinajstić information content (AvgIpc) is 2.21. The lowest BCUT2D eigenvalue weighted by atomic mass is 10.2. The summed E-state index contributed by atoms with van der Waals surface area (Å²) in [7, 11) is 0. The first-order valence-electron chi connectivity index (χ1n) is 4.19. The number of benzene rings is 1. The summed E-state index contributed by atoms with van der Waals surface area (Å²) in [6.45, 7) is -0.581. The average molecular weight is 184 g/mol. The Bertz CT molecular complexity index is 222. The number of halogens is 1. The number of aliphatic hydroxyl groups excluding tert-OH is 1. The Labute approximate surface area is 77.0 Å². The van der Waals surface area contributed by atoms with Gasteiger partial charge in [-0.05, 0) is 5.56 Å². The van der Waals surface area contributed by atoms with Crippen molar-refractivity contribution in [2.45, 2.75) is 12.7 Å². The minimum absolute atomic E-state index is 0.274. The molecule has 0 spiro atoms. The molecule has 0 radical (unpaired) electrons. The fraction of sp³-hybridized carbons (Fsp3) is 0.400. The maximum Gasteiger partial charge on any atom is 0.118 e. The van der Waals surface area contributed by atoms with Crippen LogP contribution in [0.4, 0.5) is 4.39 Å². The van der Waals surface area contributed by atoms with E-state index in [0.717, 1.165) is 5.56 Å². The number of ether oxygens (including phenoxy) is 1. The Morgan fingerprint density at radius 3 is 2.54 bits per heavy atom. The summed E-state index contributed by atoms with van der Waals surface area (Å²) in [5.41, 5.74) is 0.981. The van der Waals surface area contributed by atoms with Gasteiger partial charge in [0.15, 0.2) is 0 Å². The van der Waals surface area contributed by atoms with Crippen molar-refractivity contribution in [1.29, 1.82) is 0 Å². The molecule has 0 unspecified atom stereocenters. The molecular weight excluding hydrogens is 171 g/mol. The third-order valence-electron chi connectivity index (χ3n) is 1.70. The molecule has 0 aliphatic rings. The molecule has 0 aliphatic heterocycles. The fourth-order valence-corrected chi connectivity index (χ4v) is 0.934. The first-order chi connectivity index (χ1) is 6.36. The molecule has 1 rings (SSSR count). The Morgan fingerprint density at radius 2 is 2.00 bits per heavy atom. The van der Waals surface area contributed by atoms with Gasteiger partial charge in [-0.15, -0.1) is 0 Å². The SMILES string of the molecule is OC[C@@H](CF)OCc1ccccc1. The molecule has 1 aromatic carbocycles. The summed E-state index contributed by atoms with van der Waals surface area (Å²) in [5.74, 6) is 0. The molecule has 0 saturated heterocycles. The van der Waals surface area contributed by atoms with Crippen LogP contribution >= 0.6 is 0 Å². The van der Waals surface area contributed by atoms with Crippen LogP contribution in [0.25, 0.3) is 0 Å². The van der Waals surface area contributed by atoms with Crippen LogP contribution in [0.3, 0.4) is 0 Å². The lowest BCUT2D eigenvalue weighted by Gasteiger charge is -2.10. The van der Waals surface area contributed by atoms with Crippen molar-refractivity contribution in [1.82, 2.24) is 0 Å². The molecule has 2 nitrogen and oxygen atoms in total. The maximum atomic E-state index is 12.1. The van der Waals surface area contributed by atoms with E-state index in [2.05, 4.69) is 0 Å². The predicted molar refractivity (Wildman–Crippen MR) is 48.1 cm³/mol. The van der Waals surface area contributed by atoms with Crippen LogP contribution < -0.4 is 0 Å². The summed E-state index contributed by atoms with van der Waals surface area (Å²) in [4.78, 5) is 0. The Hall–Kier alpha value is -0.930. The van der Waals surface area contributed by atoms with E-state index in [1.165, 1.54) is 0 Å². The molecule has 72 valence electrons. The van der Waals surface area contributed by atoms with Crippen molar-refractivity contribution in [3.05, 3.63) is 35.9 Å². The highest BCUT2D eigenvalue weighted by molar-refractivity contribution is 5.13. The van der Waals surface area contributed by atoms with Gasteiger partial charge in [-0.25, -0.2) is 4.39 Å². The molecule has 1 aromatic rings. The molecule has 0 saturated carbocycles. The topological polar surface area (TPSA) is 29.5 Å². The van der Waals surface area contributed by atoms with Crippen molar-refractivity contribution >= 4 is 0 Å². The van der Waals surface area contributed by atoms with E-state index in [1.807, 2.05) is 30.3 Å². The molecular formula is C10H13FO2. The molecule has 0 aliphatic carbocycles. The summed E-state index contributed by atoms with van der Waals surface area (Å²) >= 11 is 0. The van der Waals surface area contributed by atoms with Crippen LogP contribution in [0, 0.1) is 0 Å². The minimum Gasteiger partial charge on any atom is -0.394 e. The third kappa shape index (κ3) is 3.53. The fourth-order valence-electron chi connectivity index (χ4n) is 0.934. The van der Waals surface area contributed by atoms with E-state index in [9.17, 15) is 4.39 Å². The second-order valence-electron chi connectivity index (χ2n) is 2.76. The molecule has 0 aromatic heterocycles. The highest BCUT2D eigenvalue weighted by Crippen LogP contribution is 2.03. The van der Waals surface area contributed by atoms with E-state index in [1.54, 1.807) is 0 Å². The Morgan fingerprint density at radius 1 is 1.31 bits per heavy atom.